The summed E-state index contributed by atoms with van der Waals surface area (Å²) < 4.78 is 28.8. The zero-order valence-electron chi connectivity index (χ0n) is 16.5. The van der Waals surface area contributed by atoms with Crippen LogP contribution in [0.15, 0.2) is 42.6 Å². The first-order chi connectivity index (χ1) is 14.4. The third-order valence-corrected chi connectivity index (χ3v) is 4.59. The molecule has 30 heavy (non-hydrogen) atoms. The molecule has 0 spiro atoms. The van der Waals surface area contributed by atoms with Gasteiger partial charge in [0.2, 0.25) is 5.91 Å². The van der Waals surface area contributed by atoms with Gasteiger partial charge < -0.3 is 25.2 Å². The number of piperazine rings is 1. The second kappa shape index (κ2) is 9.97. The number of hydrogen-bond acceptors (Lipinski definition) is 6. The van der Waals surface area contributed by atoms with Crippen molar-refractivity contribution in [1.82, 2.24) is 15.2 Å². The van der Waals surface area contributed by atoms with Gasteiger partial charge in [-0.05, 0) is 37.4 Å². The number of likely N-dealkylation sites (N-methyl/N-ethyl adjacent to an activating group) is 1. The van der Waals surface area contributed by atoms with Crippen LogP contribution in [-0.2, 0) is 4.79 Å². The maximum atomic E-state index is 12.3. The van der Waals surface area contributed by atoms with Crippen molar-refractivity contribution in [2.24, 2.45) is 0 Å². The van der Waals surface area contributed by atoms with Crippen molar-refractivity contribution in [2.75, 3.05) is 50.0 Å². The fourth-order valence-corrected chi connectivity index (χ4v) is 2.96. The first-order valence-corrected chi connectivity index (χ1v) is 9.43. The second-order valence-electron chi connectivity index (χ2n) is 6.83. The van der Waals surface area contributed by atoms with E-state index in [0.717, 1.165) is 32.0 Å². The largest absolute Gasteiger partial charge is 0.435 e. The molecule has 2 heterocycles. The van der Waals surface area contributed by atoms with Crippen LogP contribution in [0.25, 0.3) is 0 Å². The Hall–Kier alpha value is -3.27. The number of aromatic nitrogens is 1. The SMILES string of the molecule is CN1CCN(c2ccc(NC(=O)CNC(=O)c3cccc(OC(F)F)c3)cn2)CC1. The molecule has 0 atom stereocenters. The number of carbonyl (C=O) groups excluding carboxylic acids is 2. The number of nitrogens with zero attached hydrogens (tertiary/aromatic N) is 3. The van der Waals surface area contributed by atoms with E-state index in [-0.39, 0.29) is 17.9 Å². The lowest BCUT2D eigenvalue weighted by molar-refractivity contribution is -0.115. The van der Waals surface area contributed by atoms with Gasteiger partial charge in [0.05, 0.1) is 18.4 Å². The highest BCUT2D eigenvalue weighted by Gasteiger charge is 2.15. The Morgan fingerprint density at radius 3 is 2.60 bits per heavy atom. The minimum absolute atomic E-state index is 0.110. The summed E-state index contributed by atoms with van der Waals surface area (Å²) in [4.78, 5) is 33.0. The minimum atomic E-state index is -2.98. The van der Waals surface area contributed by atoms with Gasteiger partial charge in [-0.2, -0.15) is 8.78 Å². The first-order valence-electron chi connectivity index (χ1n) is 9.43. The number of benzene rings is 1. The van der Waals surface area contributed by atoms with Crippen molar-refractivity contribution >= 4 is 23.3 Å². The van der Waals surface area contributed by atoms with Crippen LogP contribution in [0.2, 0.25) is 0 Å². The highest BCUT2D eigenvalue weighted by molar-refractivity contribution is 5.99. The van der Waals surface area contributed by atoms with Gasteiger partial charge in [-0.1, -0.05) is 6.07 Å². The van der Waals surface area contributed by atoms with Crippen LogP contribution in [0.1, 0.15) is 10.4 Å². The van der Waals surface area contributed by atoms with Crippen molar-refractivity contribution in [3.8, 4) is 5.75 Å². The Labute approximate surface area is 172 Å². The number of ether oxygens (including phenoxy) is 1. The van der Waals surface area contributed by atoms with Crippen LogP contribution in [0, 0.1) is 0 Å². The van der Waals surface area contributed by atoms with Gasteiger partial charge in [-0.3, -0.25) is 9.59 Å². The molecular formula is C20H23F2N5O3. The number of rotatable bonds is 7. The molecule has 1 aliphatic rings. The lowest BCUT2D eigenvalue weighted by Gasteiger charge is -2.33. The molecule has 10 heteroatoms. The number of carbonyl (C=O) groups is 2. The van der Waals surface area contributed by atoms with Gasteiger partial charge in [0.15, 0.2) is 0 Å². The zero-order chi connectivity index (χ0) is 21.5. The highest BCUT2D eigenvalue weighted by atomic mass is 19.3. The number of nitrogens with one attached hydrogen (secondary N) is 2. The summed E-state index contributed by atoms with van der Waals surface area (Å²) in [6.45, 7) is 0.466. The van der Waals surface area contributed by atoms with Gasteiger partial charge in [0, 0.05) is 31.7 Å². The quantitative estimate of drug-likeness (QED) is 0.712. The minimum Gasteiger partial charge on any atom is -0.435 e. The van der Waals surface area contributed by atoms with E-state index in [0.29, 0.717) is 5.69 Å². The molecule has 2 N–H and O–H groups in total. The van der Waals surface area contributed by atoms with E-state index in [1.807, 2.05) is 6.07 Å². The monoisotopic (exact) mass is 419 g/mol. The smallest absolute Gasteiger partial charge is 0.387 e. The fraction of sp³-hybridized carbons (Fsp3) is 0.350. The molecule has 0 saturated carbocycles. The van der Waals surface area contributed by atoms with Crippen LogP contribution in [0.3, 0.4) is 0 Å². The summed E-state index contributed by atoms with van der Waals surface area (Å²) in [5.74, 6) is -0.292. The summed E-state index contributed by atoms with van der Waals surface area (Å²) in [6, 6.07) is 8.95. The normalized spacial score (nSPS) is 14.5. The average molecular weight is 419 g/mol. The molecular weight excluding hydrogens is 396 g/mol. The lowest BCUT2D eigenvalue weighted by Crippen LogP contribution is -2.44. The second-order valence-corrected chi connectivity index (χ2v) is 6.83. The van der Waals surface area contributed by atoms with E-state index in [4.69, 9.17) is 0 Å². The van der Waals surface area contributed by atoms with Crippen LogP contribution in [0.4, 0.5) is 20.3 Å². The van der Waals surface area contributed by atoms with E-state index in [1.165, 1.54) is 24.3 Å². The summed E-state index contributed by atoms with van der Waals surface area (Å²) >= 11 is 0. The number of pyridine rings is 1. The van der Waals surface area contributed by atoms with E-state index >= 15 is 0 Å². The maximum Gasteiger partial charge on any atom is 0.387 e. The fourth-order valence-electron chi connectivity index (χ4n) is 2.96. The van der Waals surface area contributed by atoms with Crippen LogP contribution in [0.5, 0.6) is 5.75 Å². The molecule has 2 amide bonds. The predicted molar refractivity (Wildman–Crippen MR) is 108 cm³/mol. The Bertz CT molecular complexity index is 871. The Kier molecular flexibility index (Phi) is 7.12. The lowest BCUT2D eigenvalue weighted by atomic mass is 10.2. The molecule has 1 aromatic heterocycles. The van der Waals surface area contributed by atoms with E-state index in [2.05, 4.69) is 37.2 Å². The van der Waals surface area contributed by atoms with Crippen molar-refractivity contribution in [3.05, 3.63) is 48.2 Å². The molecule has 0 unspecified atom stereocenters. The third kappa shape index (κ3) is 6.11. The number of halogens is 2. The van der Waals surface area contributed by atoms with Crippen LogP contribution >= 0.6 is 0 Å². The molecule has 160 valence electrons. The first kappa shape index (κ1) is 21.4. The molecule has 3 rings (SSSR count). The topological polar surface area (TPSA) is 86.8 Å². The van der Waals surface area contributed by atoms with Crippen molar-refractivity contribution in [1.29, 1.82) is 0 Å². The molecule has 1 aromatic carbocycles. The van der Waals surface area contributed by atoms with Gasteiger partial charge in [-0.25, -0.2) is 4.98 Å². The van der Waals surface area contributed by atoms with Crippen molar-refractivity contribution < 1.29 is 23.1 Å². The Morgan fingerprint density at radius 1 is 1.17 bits per heavy atom. The molecule has 2 aromatic rings. The van der Waals surface area contributed by atoms with Crippen molar-refractivity contribution in [3.63, 3.8) is 0 Å². The Balaban J connectivity index is 1.48. The molecule has 1 fully saturated rings. The highest BCUT2D eigenvalue weighted by Crippen LogP contribution is 2.17. The molecule has 0 radical (unpaired) electrons. The molecule has 0 bridgehead atoms. The summed E-state index contributed by atoms with van der Waals surface area (Å²) in [5.41, 5.74) is 0.624. The van der Waals surface area contributed by atoms with Crippen molar-refractivity contribution in [2.45, 2.75) is 6.61 Å². The van der Waals surface area contributed by atoms with Gasteiger partial charge in [0.1, 0.15) is 11.6 Å². The van der Waals surface area contributed by atoms with E-state index < -0.39 is 18.4 Å². The zero-order valence-corrected chi connectivity index (χ0v) is 16.5. The van der Waals surface area contributed by atoms with Gasteiger partial charge in [-0.15, -0.1) is 0 Å². The van der Waals surface area contributed by atoms with Crippen LogP contribution in [-0.4, -0.2) is 68.1 Å². The van der Waals surface area contributed by atoms with Gasteiger partial charge in [0.25, 0.3) is 5.91 Å². The van der Waals surface area contributed by atoms with E-state index in [9.17, 15) is 18.4 Å². The standard InChI is InChI=1S/C20H23F2N5O3/c1-26-7-9-27(10-8-26)17-6-5-15(12-23-17)25-18(28)13-24-19(29)14-3-2-4-16(11-14)30-20(21)22/h2-6,11-12,20H,7-10,13H2,1H3,(H,24,29)(H,25,28). The predicted octanol–water partition coefficient (Wildman–Crippen LogP) is 1.80. The average Bonchev–Trinajstić information content (AvgIpc) is 2.73. The third-order valence-electron chi connectivity index (χ3n) is 4.59. The summed E-state index contributed by atoms with van der Waals surface area (Å²) in [6.07, 6.45) is 1.57. The van der Waals surface area contributed by atoms with Gasteiger partial charge >= 0.3 is 6.61 Å². The Morgan fingerprint density at radius 2 is 1.93 bits per heavy atom. The summed E-state index contributed by atoms with van der Waals surface area (Å²) in [5, 5.41) is 5.10. The number of anilines is 2. The molecule has 8 nitrogen and oxygen atoms in total. The number of hydrogen-bond donors (Lipinski definition) is 2. The molecule has 0 aliphatic carbocycles. The molecule has 1 saturated heterocycles. The molecule has 1 aliphatic heterocycles. The summed E-state index contributed by atoms with van der Waals surface area (Å²) in [7, 11) is 2.08. The maximum absolute atomic E-state index is 12.3. The van der Waals surface area contributed by atoms with Crippen LogP contribution < -0.4 is 20.3 Å². The van der Waals surface area contributed by atoms with E-state index in [1.54, 1.807) is 12.3 Å². The number of amides is 2. The number of alkyl halides is 2.